The van der Waals surface area contributed by atoms with Crippen LogP contribution in [0.2, 0.25) is 5.02 Å². The van der Waals surface area contributed by atoms with Gasteiger partial charge in [-0.1, -0.05) is 11.6 Å². The Morgan fingerprint density at radius 2 is 2.06 bits per heavy atom. The number of hydrogen-bond donors (Lipinski definition) is 0. The maximum atomic E-state index is 6.01. The van der Waals surface area contributed by atoms with Crippen LogP contribution in [0.5, 0.6) is 5.75 Å². The zero-order valence-corrected chi connectivity index (χ0v) is 11.1. The molecule has 0 saturated carbocycles. The second-order valence-electron chi connectivity index (χ2n) is 3.73. The predicted octanol–water partition coefficient (Wildman–Crippen LogP) is 3.18. The Kier molecular flexibility index (Phi) is 4.15. The van der Waals surface area contributed by atoms with Crippen LogP contribution < -0.4 is 4.74 Å². The summed E-state index contributed by atoms with van der Waals surface area (Å²) < 4.78 is 16.8. The van der Waals surface area contributed by atoms with Gasteiger partial charge in [0.2, 0.25) is 0 Å². The molecule has 0 bridgehead atoms. The maximum absolute atomic E-state index is 6.01. The average molecular weight is 277 g/mol. The first kappa shape index (κ1) is 13.0. The summed E-state index contributed by atoms with van der Waals surface area (Å²) >= 11 is 11.8. The second kappa shape index (κ2) is 5.44. The maximum Gasteiger partial charge on any atom is 0.199 e. The molecule has 1 heterocycles. The SMILES string of the molecule is COc1ccc(Cl)cc1C1(CCCl)OCCO1. The van der Waals surface area contributed by atoms with Crippen LogP contribution in [0.15, 0.2) is 18.2 Å². The summed E-state index contributed by atoms with van der Waals surface area (Å²) in [5.41, 5.74) is 0.797. The normalized spacial score (nSPS) is 18.3. The van der Waals surface area contributed by atoms with E-state index in [0.717, 1.165) is 5.56 Å². The number of alkyl halides is 1. The minimum atomic E-state index is -0.821. The van der Waals surface area contributed by atoms with E-state index in [-0.39, 0.29) is 0 Å². The molecule has 0 radical (unpaired) electrons. The van der Waals surface area contributed by atoms with Crippen molar-refractivity contribution in [3.8, 4) is 5.75 Å². The minimum absolute atomic E-state index is 0.440. The van der Waals surface area contributed by atoms with E-state index in [4.69, 9.17) is 37.4 Å². The van der Waals surface area contributed by atoms with Crippen LogP contribution >= 0.6 is 23.2 Å². The number of ether oxygens (including phenoxy) is 3. The summed E-state index contributed by atoms with van der Waals surface area (Å²) in [5.74, 6) is 0.314. The topological polar surface area (TPSA) is 27.7 Å². The molecule has 0 amide bonds. The van der Waals surface area contributed by atoms with Crippen LogP contribution in [0, 0.1) is 0 Å². The smallest absolute Gasteiger partial charge is 0.199 e. The molecule has 3 nitrogen and oxygen atoms in total. The highest BCUT2D eigenvalue weighted by molar-refractivity contribution is 6.30. The standard InChI is InChI=1S/C12H14Cl2O3/c1-15-11-3-2-9(14)8-10(11)12(4-5-13)16-6-7-17-12/h2-3,8H,4-7H2,1H3. The number of benzene rings is 1. The first-order valence-corrected chi connectivity index (χ1v) is 6.31. The summed E-state index contributed by atoms with van der Waals surface area (Å²) in [6.07, 6.45) is 0.561. The fraction of sp³-hybridized carbons (Fsp3) is 0.500. The quantitative estimate of drug-likeness (QED) is 0.791. The van der Waals surface area contributed by atoms with Gasteiger partial charge in [0.1, 0.15) is 5.75 Å². The van der Waals surface area contributed by atoms with Gasteiger partial charge >= 0.3 is 0 Å². The van der Waals surface area contributed by atoms with Crippen LogP contribution in [-0.4, -0.2) is 26.2 Å². The molecule has 1 aromatic carbocycles. The molecule has 0 spiro atoms. The van der Waals surface area contributed by atoms with Gasteiger partial charge in [-0.2, -0.15) is 0 Å². The second-order valence-corrected chi connectivity index (χ2v) is 4.55. The van der Waals surface area contributed by atoms with Crippen molar-refractivity contribution < 1.29 is 14.2 Å². The molecule has 2 rings (SSSR count). The van der Waals surface area contributed by atoms with Gasteiger partial charge in [0.15, 0.2) is 5.79 Å². The van der Waals surface area contributed by atoms with Gasteiger partial charge in [-0.05, 0) is 18.2 Å². The van der Waals surface area contributed by atoms with Crippen molar-refractivity contribution in [3.05, 3.63) is 28.8 Å². The Bertz CT molecular complexity index is 389. The third kappa shape index (κ3) is 2.52. The lowest BCUT2D eigenvalue weighted by atomic mass is 10.0. The van der Waals surface area contributed by atoms with Crippen LogP contribution in [0.3, 0.4) is 0 Å². The summed E-state index contributed by atoms with van der Waals surface area (Å²) in [6, 6.07) is 5.38. The molecule has 1 saturated heterocycles. The van der Waals surface area contributed by atoms with Gasteiger partial charge < -0.3 is 14.2 Å². The third-order valence-electron chi connectivity index (χ3n) is 2.75. The van der Waals surface area contributed by atoms with Crippen LogP contribution in [0.25, 0.3) is 0 Å². The van der Waals surface area contributed by atoms with Gasteiger partial charge in [0, 0.05) is 17.3 Å². The number of halogens is 2. The molecule has 1 aliphatic heterocycles. The molecule has 5 heteroatoms. The summed E-state index contributed by atoms with van der Waals surface area (Å²) in [6.45, 7) is 1.10. The lowest BCUT2D eigenvalue weighted by Gasteiger charge is -2.28. The van der Waals surface area contributed by atoms with E-state index in [2.05, 4.69) is 0 Å². The predicted molar refractivity (Wildman–Crippen MR) is 66.9 cm³/mol. The van der Waals surface area contributed by atoms with Crippen molar-refractivity contribution in [1.29, 1.82) is 0 Å². The van der Waals surface area contributed by atoms with Gasteiger partial charge in [-0.3, -0.25) is 0 Å². The first-order chi connectivity index (χ1) is 8.22. The lowest BCUT2D eigenvalue weighted by Crippen LogP contribution is -2.28. The molecule has 17 heavy (non-hydrogen) atoms. The molecular formula is C12H14Cl2O3. The van der Waals surface area contributed by atoms with E-state index in [9.17, 15) is 0 Å². The van der Waals surface area contributed by atoms with Gasteiger partial charge in [0.05, 0.1) is 25.9 Å². The molecule has 0 N–H and O–H groups in total. The molecular weight excluding hydrogens is 263 g/mol. The minimum Gasteiger partial charge on any atom is -0.496 e. The average Bonchev–Trinajstić information content (AvgIpc) is 2.79. The van der Waals surface area contributed by atoms with Crippen molar-refractivity contribution in [2.24, 2.45) is 0 Å². The Morgan fingerprint density at radius 1 is 1.35 bits per heavy atom. The molecule has 0 atom stereocenters. The van der Waals surface area contributed by atoms with Gasteiger partial charge in [-0.15, -0.1) is 11.6 Å². The van der Waals surface area contributed by atoms with Gasteiger partial charge in [-0.25, -0.2) is 0 Å². The highest BCUT2D eigenvalue weighted by atomic mass is 35.5. The first-order valence-electron chi connectivity index (χ1n) is 5.40. The molecule has 1 aromatic rings. The fourth-order valence-corrected chi connectivity index (χ4v) is 2.41. The van der Waals surface area contributed by atoms with Gasteiger partial charge in [0.25, 0.3) is 0 Å². The number of hydrogen-bond acceptors (Lipinski definition) is 3. The highest BCUT2D eigenvalue weighted by Crippen LogP contribution is 2.41. The molecule has 94 valence electrons. The van der Waals surface area contributed by atoms with Crippen LogP contribution in [-0.2, 0) is 15.3 Å². The zero-order chi connectivity index (χ0) is 12.3. The van der Waals surface area contributed by atoms with Crippen molar-refractivity contribution in [2.75, 3.05) is 26.2 Å². The zero-order valence-electron chi connectivity index (χ0n) is 9.54. The van der Waals surface area contributed by atoms with E-state index in [1.807, 2.05) is 0 Å². The third-order valence-corrected chi connectivity index (χ3v) is 3.17. The van der Waals surface area contributed by atoms with E-state index >= 15 is 0 Å². The summed E-state index contributed by atoms with van der Waals surface area (Å²) in [4.78, 5) is 0. The van der Waals surface area contributed by atoms with Crippen molar-refractivity contribution >= 4 is 23.2 Å². The Labute approximate surface area is 111 Å². The van der Waals surface area contributed by atoms with Crippen molar-refractivity contribution in [1.82, 2.24) is 0 Å². The molecule has 0 aliphatic carbocycles. The molecule has 1 fully saturated rings. The lowest BCUT2D eigenvalue weighted by molar-refractivity contribution is -0.167. The monoisotopic (exact) mass is 276 g/mol. The van der Waals surface area contributed by atoms with Crippen molar-refractivity contribution in [3.63, 3.8) is 0 Å². The Hall–Kier alpha value is -0.480. The summed E-state index contributed by atoms with van der Waals surface area (Å²) in [7, 11) is 1.61. The van der Waals surface area contributed by atoms with Crippen LogP contribution in [0.4, 0.5) is 0 Å². The van der Waals surface area contributed by atoms with E-state index in [1.54, 1.807) is 25.3 Å². The Balaban J connectivity index is 2.44. The number of methoxy groups -OCH3 is 1. The fourth-order valence-electron chi connectivity index (χ4n) is 1.99. The van der Waals surface area contributed by atoms with Crippen molar-refractivity contribution in [2.45, 2.75) is 12.2 Å². The Morgan fingerprint density at radius 3 is 2.65 bits per heavy atom. The van der Waals surface area contributed by atoms with E-state index < -0.39 is 5.79 Å². The molecule has 0 unspecified atom stereocenters. The largest absolute Gasteiger partial charge is 0.496 e. The molecule has 0 aromatic heterocycles. The van der Waals surface area contributed by atoms with E-state index in [1.165, 1.54) is 0 Å². The van der Waals surface area contributed by atoms with Crippen LogP contribution in [0.1, 0.15) is 12.0 Å². The van der Waals surface area contributed by atoms with E-state index in [0.29, 0.717) is 36.3 Å². The summed E-state index contributed by atoms with van der Waals surface area (Å²) in [5, 5.41) is 0.619. The number of rotatable bonds is 4. The molecule has 1 aliphatic rings. The highest BCUT2D eigenvalue weighted by Gasteiger charge is 2.40.